The van der Waals surface area contributed by atoms with Crippen LogP contribution < -0.4 is 4.85 Å². The lowest BCUT2D eigenvalue weighted by Crippen LogP contribution is -2.29. The summed E-state index contributed by atoms with van der Waals surface area (Å²) >= 11 is 0. The number of rotatable bonds is 0. The Balaban J connectivity index is 3.08. The molecule has 0 saturated carbocycles. The fraction of sp³-hybridized carbons (Fsp3) is 0.200. The van der Waals surface area contributed by atoms with E-state index in [4.69, 9.17) is 0 Å². The van der Waals surface area contributed by atoms with Gasteiger partial charge in [0.2, 0.25) is 6.20 Å². The summed E-state index contributed by atoms with van der Waals surface area (Å²) in [6.07, 6.45) is 2.89. The van der Waals surface area contributed by atoms with Gasteiger partial charge in [-0.05, 0) is 13.0 Å². The van der Waals surface area contributed by atoms with Gasteiger partial charge < -0.3 is 5.21 Å². The highest BCUT2D eigenvalue weighted by atomic mass is 16.5. The first-order chi connectivity index (χ1) is 3.79. The molecule has 0 aliphatic carbocycles. The van der Waals surface area contributed by atoms with Crippen molar-refractivity contribution in [2.24, 2.45) is 0 Å². The van der Waals surface area contributed by atoms with Gasteiger partial charge >= 0.3 is 0 Å². The highest BCUT2D eigenvalue weighted by Gasteiger charge is 1.87. The van der Waals surface area contributed by atoms with Gasteiger partial charge in [0, 0.05) is 10.7 Å². The molecule has 0 amide bonds. The Kier molecular flexibility index (Phi) is 1.12. The molecule has 0 N–H and O–H groups in total. The molecule has 0 fully saturated rings. The van der Waals surface area contributed by atoms with Crippen LogP contribution in [0.2, 0.25) is 0 Å². The van der Waals surface area contributed by atoms with Crippen molar-refractivity contribution in [3.63, 3.8) is 0 Å². The Morgan fingerprint density at radius 2 is 2.50 bits per heavy atom. The molecular formula is C5H6N2O. The zero-order valence-electron chi connectivity index (χ0n) is 4.53. The van der Waals surface area contributed by atoms with Crippen LogP contribution in [0.25, 0.3) is 0 Å². The molecule has 3 nitrogen and oxygen atoms in total. The van der Waals surface area contributed by atoms with Crippen molar-refractivity contribution in [1.82, 2.24) is 5.10 Å². The Bertz CT molecular complexity index is 170. The van der Waals surface area contributed by atoms with Gasteiger partial charge in [-0.3, -0.25) is 0 Å². The first-order valence-electron chi connectivity index (χ1n) is 2.31. The van der Waals surface area contributed by atoms with Gasteiger partial charge in [-0.2, -0.15) is 0 Å². The minimum atomic E-state index is 0.537. The zero-order chi connectivity index (χ0) is 5.98. The Morgan fingerprint density at radius 1 is 1.75 bits per heavy atom. The second kappa shape index (κ2) is 1.78. The average Bonchev–Trinajstić information content (AvgIpc) is 1.64. The molecule has 0 aromatic carbocycles. The lowest BCUT2D eigenvalue weighted by Gasteiger charge is -1.89. The maximum Gasteiger partial charge on any atom is 0.212 e. The summed E-state index contributed by atoms with van der Waals surface area (Å²) in [5.74, 6) is 0. The fourth-order valence-electron chi connectivity index (χ4n) is 0.467. The molecule has 42 valence electrons. The monoisotopic (exact) mass is 110 g/mol. The van der Waals surface area contributed by atoms with Crippen LogP contribution in [0.1, 0.15) is 5.56 Å². The minimum absolute atomic E-state index is 0.537. The summed E-state index contributed by atoms with van der Waals surface area (Å²) in [5.41, 5.74) is 0.926. The number of hydrogen-bond donors (Lipinski definition) is 0. The van der Waals surface area contributed by atoms with Crippen LogP contribution in [0.5, 0.6) is 0 Å². The van der Waals surface area contributed by atoms with Crippen LogP contribution in [-0.4, -0.2) is 5.10 Å². The van der Waals surface area contributed by atoms with E-state index in [0.29, 0.717) is 4.85 Å². The highest BCUT2D eigenvalue weighted by molar-refractivity contribution is 4.98. The topological polar surface area (TPSA) is 39.8 Å². The second-order valence-electron chi connectivity index (χ2n) is 1.61. The summed E-state index contributed by atoms with van der Waals surface area (Å²) in [4.78, 5) is 0.537. The molecule has 8 heavy (non-hydrogen) atoms. The van der Waals surface area contributed by atoms with Gasteiger partial charge in [-0.1, -0.05) is 4.85 Å². The molecular weight excluding hydrogens is 104 g/mol. The van der Waals surface area contributed by atoms with Crippen LogP contribution >= 0.6 is 0 Å². The molecule has 0 aliphatic rings. The minimum Gasteiger partial charge on any atom is -0.594 e. The number of aromatic nitrogens is 2. The number of aryl methyl sites for hydroxylation is 1. The smallest absolute Gasteiger partial charge is 0.212 e. The molecule has 0 aliphatic heterocycles. The van der Waals surface area contributed by atoms with Gasteiger partial charge in [-0.15, -0.1) is 0 Å². The van der Waals surface area contributed by atoms with E-state index < -0.39 is 0 Å². The van der Waals surface area contributed by atoms with Crippen LogP contribution in [0.3, 0.4) is 0 Å². The predicted molar refractivity (Wildman–Crippen MR) is 27.9 cm³/mol. The van der Waals surface area contributed by atoms with E-state index in [9.17, 15) is 5.21 Å². The molecule has 0 saturated heterocycles. The quantitative estimate of drug-likeness (QED) is 0.349. The van der Waals surface area contributed by atoms with E-state index in [1.54, 1.807) is 6.07 Å². The van der Waals surface area contributed by atoms with Gasteiger partial charge in [0.15, 0.2) is 0 Å². The van der Waals surface area contributed by atoms with Crippen molar-refractivity contribution in [1.29, 1.82) is 0 Å². The van der Waals surface area contributed by atoms with E-state index in [1.165, 1.54) is 12.4 Å². The third kappa shape index (κ3) is 0.932. The summed E-state index contributed by atoms with van der Waals surface area (Å²) in [5, 5.41) is 13.7. The summed E-state index contributed by atoms with van der Waals surface area (Å²) in [6.45, 7) is 1.84. The lowest BCUT2D eigenvalue weighted by atomic mass is 10.4. The van der Waals surface area contributed by atoms with Gasteiger partial charge in [0.05, 0.1) is 6.20 Å². The van der Waals surface area contributed by atoms with Crippen molar-refractivity contribution in [3.8, 4) is 0 Å². The molecule has 1 aromatic heterocycles. The van der Waals surface area contributed by atoms with Crippen LogP contribution in [-0.2, 0) is 0 Å². The van der Waals surface area contributed by atoms with Crippen LogP contribution in [0.15, 0.2) is 18.5 Å². The molecule has 1 heterocycles. The molecule has 0 bridgehead atoms. The zero-order valence-corrected chi connectivity index (χ0v) is 4.53. The Morgan fingerprint density at radius 3 is 2.88 bits per heavy atom. The molecule has 0 spiro atoms. The summed E-state index contributed by atoms with van der Waals surface area (Å²) in [6, 6.07) is 1.77. The fourth-order valence-corrected chi connectivity index (χ4v) is 0.467. The summed E-state index contributed by atoms with van der Waals surface area (Å²) in [7, 11) is 0. The van der Waals surface area contributed by atoms with E-state index in [2.05, 4.69) is 5.10 Å². The van der Waals surface area contributed by atoms with E-state index >= 15 is 0 Å². The van der Waals surface area contributed by atoms with E-state index in [-0.39, 0.29) is 0 Å². The molecule has 3 heteroatoms. The van der Waals surface area contributed by atoms with Crippen LogP contribution in [0.4, 0.5) is 0 Å². The molecule has 0 unspecified atom stereocenters. The number of hydrogen-bond acceptors (Lipinski definition) is 2. The lowest BCUT2D eigenvalue weighted by molar-refractivity contribution is -0.669. The van der Waals surface area contributed by atoms with Crippen molar-refractivity contribution >= 4 is 0 Å². The van der Waals surface area contributed by atoms with Crippen LogP contribution in [0, 0.1) is 12.1 Å². The molecule has 0 radical (unpaired) electrons. The second-order valence-corrected chi connectivity index (χ2v) is 1.61. The maximum absolute atomic E-state index is 10.3. The van der Waals surface area contributed by atoms with Crippen molar-refractivity contribution < 1.29 is 4.85 Å². The Labute approximate surface area is 47.2 Å². The molecule has 1 aromatic rings. The van der Waals surface area contributed by atoms with Crippen molar-refractivity contribution in [2.75, 3.05) is 0 Å². The average molecular weight is 110 g/mol. The van der Waals surface area contributed by atoms with E-state index in [0.717, 1.165) is 5.56 Å². The third-order valence-electron chi connectivity index (χ3n) is 0.832. The van der Waals surface area contributed by atoms with Gasteiger partial charge in [0.1, 0.15) is 0 Å². The summed E-state index contributed by atoms with van der Waals surface area (Å²) < 4.78 is 0. The molecule has 0 atom stereocenters. The van der Waals surface area contributed by atoms with Crippen molar-refractivity contribution in [2.45, 2.75) is 6.92 Å². The standard InChI is InChI=1S/C5H6N2O/c1-5-2-3-6-7(8)4-5/h2-4H,1H3. The van der Waals surface area contributed by atoms with Gasteiger partial charge in [0.25, 0.3) is 0 Å². The number of nitrogens with zero attached hydrogens (tertiary/aromatic N) is 2. The SMILES string of the molecule is Cc1ccn[n+]([O-])c1. The Hall–Kier alpha value is -1.12. The first kappa shape index (κ1) is 5.03. The first-order valence-corrected chi connectivity index (χ1v) is 2.31. The third-order valence-corrected chi connectivity index (χ3v) is 0.832. The normalized spacial score (nSPS) is 9.12. The van der Waals surface area contributed by atoms with Gasteiger partial charge in [-0.25, -0.2) is 0 Å². The molecule has 1 rings (SSSR count). The van der Waals surface area contributed by atoms with E-state index in [1.807, 2.05) is 6.92 Å². The highest BCUT2D eigenvalue weighted by Crippen LogP contribution is 1.84. The van der Waals surface area contributed by atoms with Crippen molar-refractivity contribution in [3.05, 3.63) is 29.2 Å². The maximum atomic E-state index is 10.3. The largest absolute Gasteiger partial charge is 0.594 e. The predicted octanol–water partition coefficient (Wildman–Crippen LogP) is 0.0234.